The zero-order valence-electron chi connectivity index (χ0n) is 8.31. The van der Waals surface area contributed by atoms with Crippen LogP contribution in [0.4, 0.5) is 0 Å². The maximum absolute atomic E-state index is 3.63. The van der Waals surface area contributed by atoms with Gasteiger partial charge in [-0.1, -0.05) is 25.7 Å². The fraction of sp³-hybridized carbons (Fsp3) is 1.00. The molecule has 0 aliphatic heterocycles. The molecule has 0 atom stereocenters. The van der Waals surface area contributed by atoms with Crippen LogP contribution < -0.4 is 9.96 Å². The molecule has 0 bridgehead atoms. The van der Waals surface area contributed by atoms with Crippen LogP contribution in [0.5, 0.6) is 0 Å². The lowest BCUT2D eigenvalue weighted by atomic mass is 10.3. The van der Waals surface area contributed by atoms with Gasteiger partial charge in [0.05, 0.1) is 0 Å². The van der Waals surface area contributed by atoms with Crippen LogP contribution in [0.25, 0.3) is 0 Å². The Balaban J connectivity index is 1.52. The van der Waals surface area contributed by atoms with Crippen molar-refractivity contribution < 1.29 is 0 Å². The predicted octanol–water partition coefficient (Wildman–Crippen LogP) is 1.58. The van der Waals surface area contributed by atoms with Gasteiger partial charge in [0.15, 0.2) is 0 Å². The van der Waals surface area contributed by atoms with Gasteiger partial charge in [-0.25, -0.2) is 0 Å². The van der Waals surface area contributed by atoms with Gasteiger partial charge in [-0.05, 0) is 25.7 Å². The maximum Gasteiger partial charge on any atom is 0.245 e. The van der Waals surface area contributed by atoms with Gasteiger partial charge >= 0.3 is 0 Å². The van der Waals surface area contributed by atoms with Crippen LogP contribution in [0.15, 0.2) is 0 Å². The monoisotopic (exact) mass is 196 g/mol. The summed E-state index contributed by atoms with van der Waals surface area (Å²) in [5, 5.41) is 0. The first-order valence-corrected chi connectivity index (χ1v) is 6.71. The average molecular weight is 196 g/mol. The minimum Gasteiger partial charge on any atom is -0.323 e. The van der Waals surface area contributed by atoms with Gasteiger partial charge < -0.3 is 9.96 Å². The topological polar surface area (TPSA) is 24.1 Å². The van der Waals surface area contributed by atoms with Gasteiger partial charge in [0.2, 0.25) is 9.84 Å². The lowest BCUT2D eigenvalue weighted by Gasteiger charge is -2.14. The van der Waals surface area contributed by atoms with Crippen molar-refractivity contribution in [3.8, 4) is 0 Å². The molecule has 2 fully saturated rings. The Labute approximate surface area is 83.8 Å². The molecule has 2 aliphatic rings. The molecule has 2 radical (unpaired) electrons. The Morgan fingerprint density at radius 1 is 0.692 bits per heavy atom. The van der Waals surface area contributed by atoms with E-state index in [1.165, 1.54) is 51.4 Å². The van der Waals surface area contributed by atoms with E-state index in [0.29, 0.717) is 0 Å². The van der Waals surface area contributed by atoms with Gasteiger partial charge in [0.25, 0.3) is 0 Å². The highest BCUT2D eigenvalue weighted by Gasteiger charge is 2.17. The van der Waals surface area contributed by atoms with Crippen molar-refractivity contribution in [2.45, 2.75) is 63.5 Å². The van der Waals surface area contributed by atoms with E-state index in [-0.39, 0.29) is 0 Å². The van der Waals surface area contributed by atoms with Gasteiger partial charge in [-0.3, -0.25) is 0 Å². The average Bonchev–Trinajstić information content (AvgIpc) is 2.75. The normalized spacial score (nSPS) is 25.8. The van der Waals surface area contributed by atoms with E-state index in [1.807, 2.05) is 0 Å². The Morgan fingerprint density at radius 3 is 1.46 bits per heavy atom. The molecule has 3 heteroatoms. The van der Waals surface area contributed by atoms with Crippen LogP contribution in [0.2, 0.25) is 0 Å². The van der Waals surface area contributed by atoms with Crippen molar-refractivity contribution in [1.82, 2.24) is 9.96 Å². The summed E-state index contributed by atoms with van der Waals surface area (Å²) in [7, 11) is 0.800. The Kier molecular flexibility index (Phi) is 3.82. The molecule has 2 N–H and O–H groups in total. The van der Waals surface area contributed by atoms with Crippen molar-refractivity contribution >= 4 is 9.84 Å². The molecule has 2 aliphatic carbocycles. The van der Waals surface area contributed by atoms with E-state index < -0.39 is 0 Å². The summed E-state index contributed by atoms with van der Waals surface area (Å²) in [6.45, 7) is 0. The molecular formula is C10H20N2Si. The molecule has 0 spiro atoms. The minimum atomic E-state index is 0.800. The molecule has 2 saturated carbocycles. The molecule has 0 saturated heterocycles. The molecule has 0 heterocycles. The van der Waals surface area contributed by atoms with Crippen LogP contribution in [-0.4, -0.2) is 21.9 Å². The van der Waals surface area contributed by atoms with Crippen LogP contribution in [0, 0.1) is 0 Å². The molecule has 0 aromatic heterocycles. The third-order valence-corrected chi connectivity index (χ3v) is 4.37. The van der Waals surface area contributed by atoms with Crippen molar-refractivity contribution in [3.05, 3.63) is 0 Å². The maximum atomic E-state index is 3.63. The Bertz CT molecular complexity index is 124. The van der Waals surface area contributed by atoms with Crippen molar-refractivity contribution in [2.75, 3.05) is 0 Å². The molecule has 0 aromatic rings. The second kappa shape index (κ2) is 5.13. The van der Waals surface area contributed by atoms with Crippen molar-refractivity contribution in [3.63, 3.8) is 0 Å². The van der Waals surface area contributed by atoms with Crippen molar-refractivity contribution in [1.29, 1.82) is 0 Å². The van der Waals surface area contributed by atoms with E-state index in [0.717, 1.165) is 21.9 Å². The summed E-state index contributed by atoms with van der Waals surface area (Å²) in [4.78, 5) is 7.25. The summed E-state index contributed by atoms with van der Waals surface area (Å²) in [5.74, 6) is 0. The highest BCUT2D eigenvalue weighted by Crippen LogP contribution is 2.18. The molecule has 0 amide bonds. The zero-order valence-corrected chi connectivity index (χ0v) is 9.31. The summed E-state index contributed by atoms with van der Waals surface area (Å²) in [6, 6.07) is 1.65. The first-order valence-electron chi connectivity index (χ1n) is 5.71. The Morgan fingerprint density at radius 2 is 1.08 bits per heavy atom. The lowest BCUT2D eigenvalue weighted by molar-refractivity contribution is 0.603. The summed E-state index contributed by atoms with van der Waals surface area (Å²) >= 11 is 0. The first kappa shape index (κ1) is 9.68. The fourth-order valence-electron chi connectivity index (χ4n) is 2.39. The Hall–Kier alpha value is 0.137. The van der Waals surface area contributed by atoms with E-state index in [1.54, 1.807) is 0 Å². The highest BCUT2D eigenvalue weighted by atomic mass is 28.2. The SMILES string of the molecule is C1CCC(N[Si]NC2CCCC2)C1. The van der Waals surface area contributed by atoms with Gasteiger partial charge in [0.1, 0.15) is 0 Å². The first-order chi connectivity index (χ1) is 6.45. The van der Waals surface area contributed by atoms with E-state index in [9.17, 15) is 0 Å². The molecule has 0 aromatic carbocycles. The minimum absolute atomic E-state index is 0.800. The molecule has 13 heavy (non-hydrogen) atoms. The summed E-state index contributed by atoms with van der Waals surface area (Å²) in [5.41, 5.74) is 0. The number of nitrogens with one attached hydrogen (secondary N) is 2. The quantitative estimate of drug-likeness (QED) is 0.667. The smallest absolute Gasteiger partial charge is 0.245 e. The lowest BCUT2D eigenvalue weighted by Crippen LogP contribution is -2.43. The van der Waals surface area contributed by atoms with Crippen LogP contribution >= 0.6 is 0 Å². The van der Waals surface area contributed by atoms with Crippen LogP contribution in [-0.2, 0) is 0 Å². The largest absolute Gasteiger partial charge is 0.323 e. The molecule has 74 valence electrons. The number of hydrogen-bond acceptors (Lipinski definition) is 2. The summed E-state index contributed by atoms with van der Waals surface area (Å²) in [6.07, 6.45) is 11.4. The molecule has 2 nitrogen and oxygen atoms in total. The van der Waals surface area contributed by atoms with E-state index >= 15 is 0 Å². The summed E-state index contributed by atoms with van der Waals surface area (Å²) < 4.78 is 0. The standard InChI is InChI=1S/C10H20N2Si/c1-2-6-9(5-1)11-13-12-10-7-3-4-8-10/h9-12H,1-8H2. The van der Waals surface area contributed by atoms with Crippen molar-refractivity contribution in [2.24, 2.45) is 0 Å². The second-order valence-electron chi connectivity index (χ2n) is 4.38. The molecular weight excluding hydrogens is 176 g/mol. The molecule has 2 rings (SSSR count). The van der Waals surface area contributed by atoms with Crippen LogP contribution in [0.1, 0.15) is 51.4 Å². The second-order valence-corrected chi connectivity index (χ2v) is 5.20. The highest BCUT2D eigenvalue weighted by molar-refractivity contribution is 6.28. The van der Waals surface area contributed by atoms with E-state index in [4.69, 9.17) is 0 Å². The van der Waals surface area contributed by atoms with Crippen LogP contribution in [0.3, 0.4) is 0 Å². The fourth-order valence-corrected chi connectivity index (χ4v) is 3.46. The number of rotatable bonds is 4. The zero-order chi connectivity index (χ0) is 8.93. The number of hydrogen-bond donors (Lipinski definition) is 2. The van der Waals surface area contributed by atoms with E-state index in [2.05, 4.69) is 9.96 Å². The molecule has 0 unspecified atom stereocenters. The predicted molar refractivity (Wildman–Crippen MR) is 56.5 cm³/mol. The van der Waals surface area contributed by atoms with Gasteiger partial charge in [0, 0.05) is 12.1 Å². The van der Waals surface area contributed by atoms with Gasteiger partial charge in [-0.15, -0.1) is 0 Å². The third-order valence-electron chi connectivity index (χ3n) is 3.26. The third kappa shape index (κ3) is 3.08. The van der Waals surface area contributed by atoms with Gasteiger partial charge in [-0.2, -0.15) is 0 Å².